The average Bonchev–Trinajstić information content (AvgIpc) is 3.48. The lowest BCUT2D eigenvalue weighted by molar-refractivity contribution is 0.0949. The van der Waals surface area contributed by atoms with Crippen LogP contribution in [-0.2, 0) is 5.75 Å². The van der Waals surface area contributed by atoms with Gasteiger partial charge >= 0.3 is 0 Å². The van der Waals surface area contributed by atoms with Crippen LogP contribution in [0.25, 0.3) is 5.82 Å². The van der Waals surface area contributed by atoms with Gasteiger partial charge in [-0.15, -0.1) is 16.9 Å². The number of hydrogen-bond donors (Lipinski definition) is 2. The fourth-order valence-electron chi connectivity index (χ4n) is 3.00. The van der Waals surface area contributed by atoms with Gasteiger partial charge in [0.25, 0.3) is 5.91 Å². The first kappa shape index (κ1) is 23.0. The zero-order valence-electron chi connectivity index (χ0n) is 18.5. The Morgan fingerprint density at radius 3 is 2.62 bits per heavy atom. The van der Waals surface area contributed by atoms with E-state index in [0.29, 0.717) is 23.8 Å². The van der Waals surface area contributed by atoms with Gasteiger partial charge < -0.3 is 10.5 Å². The van der Waals surface area contributed by atoms with Crippen LogP contribution in [0.15, 0.2) is 69.2 Å². The summed E-state index contributed by atoms with van der Waals surface area (Å²) in [5.41, 5.74) is 10.4. The number of hydrazone groups is 1. The number of amides is 1. The van der Waals surface area contributed by atoms with Crippen molar-refractivity contribution >= 4 is 29.2 Å². The average molecular weight is 479 g/mol. The number of ether oxygens (including phenoxy) is 1. The largest absolute Gasteiger partial charge is 0.494 e. The second kappa shape index (κ2) is 10.6. The number of hydrogen-bond acceptors (Lipinski definition) is 10. The monoisotopic (exact) mass is 478 g/mol. The number of carbonyl (C=O) groups excluding carboxylic acids is 1. The molecule has 11 nitrogen and oxygen atoms in total. The Labute approximate surface area is 199 Å². The van der Waals surface area contributed by atoms with E-state index in [1.165, 1.54) is 16.4 Å². The molecular weight excluding hydrogens is 456 g/mol. The SMILES string of the molecule is CCOc1ccc(/C(C)=N\NC(=O)c2nnn(-c3nonc3N)c2CSc2ccccc2)cc1. The molecule has 2 heterocycles. The Hall–Kier alpha value is -4.19. The van der Waals surface area contributed by atoms with Crippen molar-refractivity contribution in [3.8, 4) is 11.6 Å². The predicted molar refractivity (Wildman–Crippen MR) is 127 cm³/mol. The molecule has 2 aromatic carbocycles. The van der Waals surface area contributed by atoms with Gasteiger partial charge in [0.1, 0.15) is 5.75 Å². The fraction of sp³-hybridized carbons (Fsp3) is 0.182. The first-order chi connectivity index (χ1) is 16.6. The summed E-state index contributed by atoms with van der Waals surface area (Å²) in [6, 6.07) is 17.2. The van der Waals surface area contributed by atoms with Crippen molar-refractivity contribution in [1.29, 1.82) is 0 Å². The standard InChI is InChI=1S/C22H22N8O3S/c1-3-32-16-11-9-15(10-12-16)14(2)24-26-22(31)19-18(13-34-17-7-5-4-6-8-17)30(29-25-19)21-20(23)27-33-28-21/h4-12H,3,13H2,1-2H3,(H2,23,27)(H,26,31)/b24-14-. The number of nitrogen functional groups attached to an aromatic ring is 1. The Balaban J connectivity index is 1.56. The van der Waals surface area contributed by atoms with Gasteiger partial charge in [-0.05, 0) is 66.1 Å². The van der Waals surface area contributed by atoms with E-state index in [2.05, 4.69) is 35.8 Å². The van der Waals surface area contributed by atoms with E-state index in [-0.39, 0.29) is 17.3 Å². The molecule has 0 unspecified atom stereocenters. The number of nitrogens with two attached hydrogens (primary N) is 1. The predicted octanol–water partition coefficient (Wildman–Crippen LogP) is 3.08. The van der Waals surface area contributed by atoms with Crippen molar-refractivity contribution in [3.05, 3.63) is 71.5 Å². The van der Waals surface area contributed by atoms with Crippen LogP contribution in [0.5, 0.6) is 5.75 Å². The van der Waals surface area contributed by atoms with Crippen molar-refractivity contribution in [3.63, 3.8) is 0 Å². The number of rotatable bonds is 9. The molecule has 0 fully saturated rings. The number of nitrogens with one attached hydrogen (secondary N) is 1. The van der Waals surface area contributed by atoms with Crippen LogP contribution in [0.2, 0.25) is 0 Å². The van der Waals surface area contributed by atoms with E-state index in [4.69, 9.17) is 10.5 Å². The van der Waals surface area contributed by atoms with E-state index < -0.39 is 5.91 Å². The van der Waals surface area contributed by atoms with Gasteiger partial charge in [-0.25, -0.2) is 10.1 Å². The minimum atomic E-state index is -0.518. The molecule has 0 saturated heterocycles. The maximum absolute atomic E-state index is 13.0. The zero-order valence-corrected chi connectivity index (χ0v) is 19.3. The van der Waals surface area contributed by atoms with Gasteiger partial charge in [-0.1, -0.05) is 23.4 Å². The van der Waals surface area contributed by atoms with Crippen LogP contribution in [0.3, 0.4) is 0 Å². The van der Waals surface area contributed by atoms with Gasteiger partial charge in [0.2, 0.25) is 11.6 Å². The number of thioether (sulfide) groups is 1. The molecule has 0 aliphatic rings. The van der Waals surface area contributed by atoms with E-state index in [9.17, 15) is 4.79 Å². The first-order valence-electron chi connectivity index (χ1n) is 10.4. The van der Waals surface area contributed by atoms with Gasteiger partial charge in [-0.2, -0.15) is 9.78 Å². The summed E-state index contributed by atoms with van der Waals surface area (Å²) in [4.78, 5) is 14.0. The molecule has 2 aromatic heterocycles. The molecule has 0 atom stereocenters. The first-order valence-corrected chi connectivity index (χ1v) is 11.3. The quantitative estimate of drug-likeness (QED) is 0.210. The molecule has 12 heteroatoms. The van der Waals surface area contributed by atoms with Crippen LogP contribution >= 0.6 is 11.8 Å². The van der Waals surface area contributed by atoms with E-state index in [1.54, 1.807) is 6.92 Å². The second-order valence-corrected chi connectivity index (χ2v) is 8.02. The van der Waals surface area contributed by atoms with Crippen molar-refractivity contribution in [2.24, 2.45) is 5.10 Å². The summed E-state index contributed by atoms with van der Waals surface area (Å²) in [5.74, 6) is 0.807. The molecule has 0 bridgehead atoms. The minimum Gasteiger partial charge on any atom is -0.494 e. The molecule has 174 valence electrons. The molecule has 0 radical (unpaired) electrons. The van der Waals surface area contributed by atoms with E-state index >= 15 is 0 Å². The molecule has 0 spiro atoms. The summed E-state index contributed by atoms with van der Waals surface area (Å²) in [6.07, 6.45) is 0. The van der Waals surface area contributed by atoms with Crippen molar-refractivity contribution < 1.29 is 14.2 Å². The Morgan fingerprint density at radius 2 is 1.94 bits per heavy atom. The number of anilines is 1. The summed E-state index contributed by atoms with van der Waals surface area (Å²) in [6.45, 7) is 4.30. The highest BCUT2D eigenvalue weighted by Crippen LogP contribution is 2.25. The summed E-state index contributed by atoms with van der Waals surface area (Å²) in [5, 5.41) is 19.7. The van der Waals surface area contributed by atoms with Gasteiger partial charge in [0.05, 0.1) is 18.0 Å². The zero-order chi connectivity index (χ0) is 23.9. The molecule has 4 aromatic rings. The number of benzene rings is 2. The van der Waals surface area contributed by atoms with Crippen LogP contribution in [-0.4, -0.2) is 43.5 Å². The molecule has 4 rings (SSSR count). The highest BCUT2D eigenvalue weighted by atomic mass is 32.2. The Kier molecular flexibility index (Phi) is 7.18. The number of nitrogens with zero attached hydrogens (tertiary/aromatic N) is 6. The molecule has 1 amide bonds. The lowest BCUT2D eigenvalue weighted by atomic mass is 10.1. The van der Waals surface area contributed by atoms with Crippen LogP contribution < -0.4 is 15.9 Å². The van der Waals surface area contributed by atoms with E-state index in [1.807, 2.05) is 61.5 Å². The van der Waals surface area contributed by atoms with Crippen molar-refractivity contribution in [1.82, 2.24) is 30.7 Å². The van der Waals surface area contributed by atoms with Gasteiger partial charge in [0, 0.05) is 10.6 Å². The topological polar surface area (TPSA) is 146 Å². The van der Waals surface area contributed by atoms with Gasteiger partial charge in [0.15, 0.2) is 5.69 Å². The third-order valence-corrected chi connectivity index (χ3v) is 5.72. The van der Waals surface area contributed by atoms with Crippen molar-refractivity contribution in [2.45, 2.75) is 24.5 Å². The molecule has 3 N–H and O–H groups in total. The third kappa shape index (κ3) is 5.23. The lowest BCUT2D eigenvalue weighted by Crippen LogP contribution is -2.21. The number of carbonyl (C=O) groups is 1. The molecule has 0 aliphatic carbocycles. The molecular formula is C22H22N8O3S. The Bertz CT molecular complexity index is 1290. The lowest BCUT2D eigenvalue weighted by Gasteiger charge is -2.07. The normalized spacial score (nSPS) is 11.4. The van der Waals surface area contributed by atoms with Crippen LogP contribution in [0.4, 0.5) is 5.82 Å². The summed E-state index contributed by atoms with van der Waals surface area (Å²) >= 11 is 1.51. The van der Waals surface area contributed by atoms with Crippen LogP contribution in [0, 0.1) is 0 Å². The van der Waals surface area contributed by atoms with Gasteiger partial charge in [-0.3, -0.25) is 4.79 Å². The second-order valence-electron chi connectivity index (χ2n) is 6.97. The molecule has 0 saturated carbocycles. The highest BCUT2D eigenvalue weighted by molar-refractivity contribution is 7.98. The highest BCUT2D eigenvalue weighted by Gasteiger charge is 2.24. The number of aromatic nitrogens is 5. The van der Waals surface area contributed by atoms with E-state index in [0.717, 1.165) is 16.2 Å². The summed E-state index contributed by atoms with van der Waals surface area (Å²) in [7, 11) is 0. The maximum Gasteiger partial charge on any atom is 0.293 e. The smallest absolute Gasteiger partial charge is 0.293 e. The molecule has 34 heavy (non-hydrogen) atoms. The third-order valence-electron chi connectivity index (χ3n) is 4.70. The minimum absolute atomic E-state index is 0.0344. The van der Waals surface area contributed by atoms with Crippen LogP contribution in [0.1, 0.15) is 35.6 Å². The maximum atomic E-state index is 13.0. The fourth-order valence-corrected chi connectivity index (χ4v) is 3.91. The summed E-state index contributed by atoms with van der Waals surface area (Å²) < 4.78 is 11.5. The Morgan fingerprint density at radius 1 is 1.18 bits per heavy atom. The molecule has 0 aliphatic heterocycles. The van der Waals surface area contributed by atoms with Crippen molar-refractivity contribution in [2.75, 3.05) is 12.3 Å².